The lowest BCUT2D eigenvalue weighted by Gasteiger charge is -2.28. The van der Waals surface area contributed by atoms with Gasteiger partial charge in [-0.25, -0.2) is 0 Å². The molecule has 0 radical (unpaired) electrons. The molecular weight excluding hydrogens is 679 g/mol. The molecule has 2 nitrogen and oxygen atoms in total. The van der Waals surface area contributed by atoms with Gasteiger partial charge in [-0.3, -0.25) is 0 Å². The summed E-state index contributed by atoms with van der Waals surface area (Å²) in [4.78, 5) is 2.38. The van der Waals surface area contributed by atoms with Crippen LogP contribution < -0.4 is 4.90 Å². The Labute approximate surface area is 327 Å². The van der Waals surface area contributed by atoms with Crippen LogP contribution in [0.5, 0.6) is 0 Å². The van der Waals surface area contributed by atoms with Crippen LogP contribution in [0.15, 0.2) is 229 Å². The molecule has 0 aliphatic carbocycles. The minimum atomic E-state index is 0.881. The molecule has 0 N–H and O–H groups in total. The summed E-state index contributed by atoms with van der Waals surface area (Å²) in [6, 6.07) is 80.0. The second kappa shape index (κ2) is 14.4. The van der Waals surface area contributed by atoms with Crippen LogP contribution in [0, 0.1) is 0 Å². The molecule has 9 aromatic carbocycles. The smallest absolute Gasteiger partial charge is 0.143 e. The Morgan fingerprint density at radius 3 is 1.68 bits per heavy atom. The van der Waals surface area contributed by atoms with Crippen LogP contribution in [-0.4, -0.2) is 0 Å². The number of hydrogen-bond acceptors (Lipinski definition) is 2. The number of nitrogens with zero attached hydrogens (tertiary/aromatic N) is 1. The van der Waals surface area contributed by atoms with E-state index in [-0.39, 0.29) is 0 Å². The summed E-state index contributed by atoms with van der Waals surface area (Å²) in [6.07, 6.45) is 0. The molecule has 0 unspecified atom stereocenters. The Hall–Kier alpha value is -7.42. The molecule has 1 heterocycles. The maximum atomic E-state index is 6.58. The third kappa shape index (κ3) is 6.24. The summed E-state index contributed by atoms with van der Waals surface area (Å²) in [7, 11) is 0. The van der Waals surface area contributed by atoms with Crippen LogP contribution in [0.25, 0.3) is 77.6 Å². The summed E-state index contributed by atoms with van der Waals surface area (Å²) in [6.45, 7) is 0. The zero-order valence-corrected chi connectivity index (χ0v) is 30.7. The molecule has 1 aromatic heterocycles. The molecule has 0 fully saturated rings. The van der Waals surface area contributed by atoms with Gasteiger partial charge in [-0.05, 0) is 86.6 Å². The Morgan fingerprint density at radius 2 is 0.875 bits per heavy atom. The summed E-state index contributed by atoms with van der Waals surface area (Å²) in [5.74, 6) is 0.881. The van der Waals surface area contributed by atoms with Gasteiger partial charge in [0.05, 0.1) is 5.69 Å². The van der Waals surface area contributed by atoms with Gasteiger partial charge in [-0.2, -0.15) is 0 Å². The van der Waals surface area contributed by atoms with E-state index in [1.807, 2.05) is 12.1 Å². The van der Waals surface area contributed by atoms with E-state index in [4.69, 9.17) is 4.42 Å². The minimum Gasteiger partial charge on any atom is -0.455 e. The average molecular weight is 716 g/mol. The van der Waals surface area contributed by atoms with Crippen molar-refractivity contribution in [2.24, 2.45) is 0 Å². The summed E-state index contributed by atoms with van der Waals surface area (Å²) in [5, 5.41) is 3.54. The fourth-order valence-electron chi connectivity index (χ4n) is 7.91. The van der Waals surface area contributed by atoms with Crippen molar-refractivity contribution in [2.75, 3.05) is 4.90 Å². The van der Waals surface area contributed by atoms with Crippen molar-refractivity contribution in [1.82, 2.24) is 0 Å². The van der Waals surface area contributed by atoms with Crippen molar-refractivity contribution in [2.45, 2.75) is 0 Å². The first-order valence-electron chi connectivity index (χ1n) is 19.1. The zero-order chi connectivity index (χ0) is 37.3. The highest BCUT2D eigenvalue weighted by molar-refractivity contribution is 6.02. The number of benzene rings is 9. The van der Waals surface area contributed by atoms with E-state index in [9.17, 15) is 0 Å². The molecule has 10 aromatic rings. The van der Waals surface area contributed by atoms with Gasteiger partial charge in [0, 0.05) is 33.5 Å². The molecule has 264 valence electrons. The molecule has 0 amide bonds. The first kappa shape index (κ1) is 33.2. The van der Waals surface area contributed by atoms with Crippen molar-refractivity contribution < 1.29 is 4.42 Å². The van der Waals surface area contributed by atoms with Crippen LogP contribution in [0.2, 0.25) is 0 Å². The van der Waals surface area contributed by atoms with E-state index in [2.05, 4.69) is 217 Å². The monoisotopic (exact) mass is 715 g/mol. The third-order valence-electron chi connectivity index (χ3n) is 10.7. The summed E-state index contributed by atoms with van der Waals surface area (Å²) < 4.78 is 6.58. The van der Waals surface area contributed by atoms with Crippen LogP contribution in [-0.2, 0) is 0 Å². The average Bonchev–Trinajstić information content (AvgIpc) is 3.68. The maximum Gasteiger partial charge on any atom is 0.143 e. The Kier molecular flexibility index (Phi) is 8.55. The van der Waals surface area contributed by atoms with E-state index in [0.717, 1.165) is 67.2 Å². The van der Waals surface area contributed by atoms with Gasteiger partial charge in [0.25, 0.3) is 0 Å². The first-order valence-corrected chi connectivity index (χ1v) is 19.1. The Bertz CT molecular complexity index is 2940. The molecule has 0 aliphatic rings. The fraction of sp³-hybridized carbons (Fsp3) is 0. The fourth-order valence-corrected chi connectivity index (χ4v) is 7.91. The Balaban J connectivity index is 1.05. The number of fused-ring (bicyclic) bond motifs is 2. The second-order valence-electron chi connectivity index (χ2n) is 14.1. The van der Waals surface area contributed by atoms with Gasteiger partial charge >= 0.3 is 0 Å². The van der Waals surface area contributed by atoms with Crippen LogP contribution in [0.3, 0.4) is 0 Å². The van der Waals surface area contributed by atoms with Crippen molar-refractivity contribution >= 4 is 38.8 Å². The number of hydrogen-bond donors (Lipinski definition) is 0. The zero-order valence-electron chi connectivity index (χ0n) is 30.7. The van der Waals surface area contributed by atoms with Gasteiger partial charge < -0.3 is 9.32 Å². The Morgan fingerprint density at radius 1 is 0.321 bits per heavy atom. The number of rotatable bonds is 8. The molecular formula is C54H37NO. The van der Waals surface area contributed by atoms with E-state index in [1.165, 1.54) is 27.5 Å². The first-order chi connectivity index (χ1) is 27.8. The molecule has 0 bridgehead atoms. The van der Waals surface area contributed by atoms with Crippen LogP contribution in [0.1, 0.15) is 0 Å². The van der Waals surface area contributed by atoms with E-state index in [0.29, 0.717) is 0 Å². The predicted molar refractivity (Wildman–Crippen MR) is 236 cm³/mol. The minimum absolute atomic E-state index is 0.881. The molecule has 56 heavy (non-hydrogen) atoms. The second-order valence-corrected chi connectivity index (χ2v) is 14.1. The SMILES string of the molecule is c1ccc(-c2ccc(-c3ccccc3N(c3ccc(-c4cccc(-c5oc6ccccc6c5-c5ccccc5)c4)cc3)c3ccc4ccccc4c3)cc2)cc1. The third-order valence-corrected chi connectivity index (χ3v) is 10.7. The van der Waals surface area contributed by atoms with Gasteiger partial charge in [0.2, 0.25) is 0 Å². The topological polar surface area (TPSA) is 16.4 Å². The van der Waals surface area contributed by atoms with Crippen molar-refractivity contribution in [1.29, 1.82) is 0 Å². The quantitative estimate of drug-likeness (QED) is 0.156. The van der Waals surface area contributed by atoms with Crippen LogP contribution >= 0.6 is 0 Å². The van der Waals surface area contributed by atoms with Gasteiger partial charge in [0.1, 0.15) is 11.3 Å². The van der Waals surface area contributed by atoms with Gasteiger partial charge in [-0.15, -0.1) is 0 Å². The molecule has 0 spiro atoms. The lowest BCUT2D eigenvalue weighted by molar-refractivity contribution is 0.632. The molecule has 0 saturated heterocycles. The maximum absolute atomic E-state index is 6.58. The lowest BCUT2D eigenvalue weighted by atomic mass is 9.96. The molecule has 2 heteroatoms. The molecule has 0 aliphatic heterocycles. The standard InChI is InChI=1S/C54H37NO/c1-3-14-38(15-4-1)40-26-28-42(29-27-40)49-22-9-11-24-51(49)55(48-35-32-39-16-7-8-19-45(39)37-48)47-33-30-41(31-34-47)44-20-13-21-46(36-44)54-53(43-17-5-2-6-18-43)50-23-10-12-25-52(50)56-54/h1-37H. The van der Waals surface area contributed by atoms with Crippen molar-refractivity contribution in [3.8, 4) is 55.8 Å². The summed E-state index contributed by atoms with van der Waals surface area (Å²) in [5.41, 5.74) is 14.5. The molecule has 10 rings (SSSR count). The predicted octanol–water partition coefficient (Wildman–Crippen LogP) is 15.4. The largest absolute Gasteiger partial charge is 0.455 e. The lowest BCUT2D eigenvalue weighted by Crippen LogP contribution is -2.11. The summed E-state index contributed by atoms with van der Waals surface area (Å²) >= 11 is 0. The highest BCUT2D eigenvalue weighted by atomic mass is 16.3. The van der Waals surface area contributed by atoms with E-state index < -0.39 is 0 Å². The van der Waals surface area contributed by atoms with Crippen molar-refractivity contribution in [3.63, 3.8) is 0 Å². The van der Waals surface area contributed by atoms with Gasteiger partial charge in [0.15, 0.2) is 0 Å². The number of furan rings is 1. The van der Waals surface area contributed by atoms with Crippen molar-refractivity contribution in [3.05, 3.63) is 224 Å². The number of para-hydroxylation sites is 2. The van der Waals surface area contributed by atoms with E-state index >= 15 is 0 Å². The highest BCUT2D eigenvalue weighted by Crippen LogP contribution is 2.44. The highest BCUT2D eigenvalue weighted by Gasteiger charge is 2.20. The molecule has 0 saturated carbocycles. The van der Waals surface area contributed by atoms with Gasteiger partial charge in [-0.1, -0.05) is 182 Å². The molecule has 0 atom stereocenters. The van der Waals surface area contributed by atoms with E-state index in [1.54, 1.807) is 0 Å². The number of anilines is 3. The van der Waals surface area contributed by atoms with Crippen LogP contribution in [0.4, 0.5) is 17.1 Å². The normalized spacial score (nSPS) is 11.2.